The standard InChI is InChI=1S/C17H26N4O3/c1-13-11-18-14(2)17(19-13)24-15-3-5-20(6-4-15)12-16(22)21-7-9-23-10-8-21/h11,15H,3-10,12H2,1-2H3. The molecule has 0 aliphatic carbocycles. The van der Waals surface area contributed by atoms with Gasteiger partial charge in [0.15, 0.2) is 0 Å². The number of carbonyl (C=O) groups is 1. The van der Waals surface area contributed by atoms with Gasteiger partial charge in [0.1, 0.15) is 6.10 Å². The lowest BCUT2D eigenvalue weighted by Crippen LogP contribution is -2.48. The summed E-state index contributed by atoms with van der Waals surface area (Å²) in [7, 11) is 0. The Labute approximate surface area is 143 Å². The molecule has 0 unspecified atom stereocenters. The van der Waals surface area contributed by atoms with E-state index < -0.39 is 0 Å². The molecular weight excluding hydrogens is 308 g/mol. The number of amides is 1. The van der Waals surface area contributed by atoms with Crippen LogP contribution in [0.15, 0.2) is 6.20 Å². The van der Waals surface area contributed by atoms with E-state index in [2.05, 4.69) is 14.9 Å². The molecule has 2 aliphatic heterocycles. The Morgan fingerprint density at radius 1 is 1.25 bits per heavy atom. The number of hydrogen-bond acceptors (Lipinski definition) is 6. The van der Waals surface area contributed by atoms with Crippen molar-refractivity contribution in [2.75, 3.05) is 45.9 Å². The summed E-state index contributed by atoms with van der Waals surface area (Å²) in [5.74, 6) is 0.843. The molecule has 2 aliphatic rings. The first-order valence-corrected chi connectivity index (χ1v) is 8.66. The fourth-order valence-electron chi connectivity index (χ4n) is 3.07. The Balaban J connectivity index is 1.45. The van der Waals surface area contributed by atoms with E-state index in [-0.39, 0.29) is 12.0 Å². The molecule has 0 radical (unpaired) electrons. The van der Waals surface area contributed by atoms with E-state index in [1.54, 1.807) is 6.20 Å². The van der Waals surface area contributed by atoms with Gasteiger partial charge in [-0.2, -0.15) is 0 Å². The summed E-state index contributed by atoms with van der Waals surface area (Å²) < 4.78 is 11.3. The fourth-order valence-corrected chi connectivity index (χ4v) is 3.07. The molecule has 24 heavy (non-hydrogen) atoms. The van der Waals surface area contributed by atoms with Gasteiger partial charge in [-0.15, -0.1) is 0 Å². The molecular formula is C17H26N4O3. The Morgan fingerprint density at radius 2 is 1.96 bits per heavy atom. The number of carbonyl (C=O) groups excluding carboxylic acids is 1. The molecule has 0 N–H and O–H groups in total. The first-order chi connectivity index (χ1) is 11.6. The van der Waals surface area contributed by atoms with Crippen molar-refractivity contribution in [3.63, 3.8) is 0 Å². The summed E-state index contributed by atoms with van der Waals surface area (Å²) >= 11 is 0. The van der Waals surface area contributed by atoms with Gasteiger partial charge >= 0.3 is 0 Å². The van der Waals surface area contributed by atoms with Gasteiger partial charge in [0.25, 0.3) is 0 Å². The van der Waals surface area contributed by atoms with E-state index in [1.807, 2.05) is 18.7 Å². The average Bonchev–Trinajstić information content (AvgIpc) is 2.60. The quantitative estimate of drug-likeness (QED) is 0.811. The summed E-state index contributed by atoms with van der Waals surface area (Å²) in [4.78, 5) is 25.1. The van der Waals surface area contributed by atoms with Crippen LogP contribution in [-0.4, -0.2) is 77.7 Å². The number of ether oxygens (including phenoxy) is 2. The third-order valence-corrected chi connectivity index (χ3v) is 4.57. The molecule has 2 saturated heterocycles. The van der Waals surface area contributed by atoms with Crippen molar-refractivity contribution in [1.82, 2.24) is 19.8 Å². The van der Waals surface area contributed by atoms with Gasteiger partial charge < -0.3 is 14.4 Å². The molecule has 0 atom stereocenters. The summed E-state index contributed by atoms with van der Waals surface area (Å²) in [6, 6.07) is 0. The van der Waals surface area contributed by atoms with Crippen LogP contribution in [0.4, 0.5) is 0 Å². The van der Waals surface area contributed by atoms with Gasteiger partial charge in [-0.25, -0.2) is 4.98 Å². The van der Waals surface area contributed by atoms with Gasteiger partial charge in [-0.05, 0) is 26.7 Å². The molecule has 1 aromatic rings. The predicted molar refractivity (Wildman–Crippen MR) is 89.0 cm³/mol. The zero-order chi connectivity index (χ0) is 16.9. The summed E-state index contributed by atoms with van der Waals surface area (Å²) in [6.45, 7) is 8.80. The van der Waals surface area contributed by atoms with Gasteiger partial charge in [-0.3, -0.25) is 14.7 Å². The lowest BCUT2D eigenvalue weighted by atomic mass is 10.1. The molecule has 1 amide bonds. The number of piperidine rings is 1. The summed E-state index contributed by atoms with van der Waals surface area (Å²) in [5.41, 5.74) is 1.69. The molecule has 1 aromatic heterocycles. The fraction of sp³-hybridized carbons (Fsp3) is 0.706. The van der Waals surface area contributed by atoms with Crippen molar-refractivity contribution in [1.29, 1.82) is 0 Å². The summed E-state index contributed by atoms with van der Waals surface area (Å²) in [5, 5.41) is 0. The highest BCUT2D eigenvalue weighted by atomic mass is 16.5. The Bertz CT molecular complexity index is 567. The smallest absolute Gasteiger partial charge is 0.236 e. The lowest BCUT2D eigenvalue weighted by Gasteiger charge is -2.34. The largest absolute Gasteiger partial charge is 0.473 e. The first kappa shape index (κ1) is 17.1. The summed E-state index contributed by atoms with van der Waals surface area (Å²) in [6.07, 6.45) is 3.72. The van der Waals surface area contributed by atoms with E-state index in [9.17, 15) is 4.79 Å². The zero-order valence-electron chi connectivity index (χ0n) is 14.5. The number of morpholine rings is 1. The Kier molecular flexibility index (Phi) is 5.63. The highest BCUT2D eigenvalue weighted by molar-refractivity contribution is 5.78. The molecule has 0 saturated carbocycles. The van der Waals surface area contributed by atoms with Crippen molar-refractivity contribution in [2.45, 2.75) is 32.8 Å². The zero-order valence-corrected chi connectivity index (χ0v) is 14.5. The first-order valence-electron chi connectivity index (χ1n) is 8.66. The van der Waals surface area contributed by atoms with E-state index in [0.717, 1.165) is 37.3 Å². The second-order valence-electron chi connectivity index (χ2n) is 6.49. The van der Waals surface area contributed by atoms with E-state index in [4.69, 9.17) is 9.47 Å². The number of aromatic nitrogens is 2. The van der Waals surface area contributed by atoms with Crippen molar-refractivity contribution in [3.8, 4) is 5.88 Å². The number of aryl methyl sites for hydroxylation is 2. The molecule has 132 valence electrons. The average molecular weight is 334 g/mol. The number of likely N-dealkylation sites (tertiary alicyclic amines) is 1. The van der Waals surface area contributed by atoms with Crippen molar-refractivity contribution in [2.24, 2.45) is 0 Å². The number of hydrogen-bond donors (Lipinski definition) is 0. The third-order valence-electron chi connectivity index (χ3n) is 4.57. The van der Waals surface area contributed by atoms with Crippen molar-refractivity contribution < 1.29 is 14.3 Å². The predicted octanol–water partition coefficient (Wildman–Crippen LogP) is 0.795. The van der Waals surface area contributed by atoms with Crippen LogP contribution in [0.5, 0.6) is 5.88 Å². The van der Waals surface area contributed by atoms with E-state index in [1.165, 1.54) is 0 Å². The monoisotopic (exact) mass is 334 g/mol. The Hall–Kier alpha value is -1.73. The van der Waals surface area contributed by atoms with Crippen LogP contribution >= 0.6 is 0 Å². The van der Waals surface area contributed by atoms with E-state index >= 15 is 0 Å². The molecule has 3 heterocycles. The molecule has 0 aromatic carbocycles. The second kappa shape index (κ2) is 7.90. The van der Waals surface area contributed by atoms with Gasteiger partial charge in [0.05, 0.1) is 31.1 Å². The molecule has 7 nitrogen and oxygen atoms in total. The highest BCUT2D eigenvalue weighted by Crippen LogP contribution is 2.19. The van der Waals surface area contributed by atoms with Crippen LogP contribution in [0.1, 0.15) is 24.2 Å². The van der Waals surface area contributed by atoms with Crippen LogP contribution in [0.2, 0.25) is 0 Å². The van der Waals surface area contributed by atoms with Crippen LogP contribution in [0.3, 0.4) is 0 Å². The van der Waals surface area contributed by atoms with Crippen LogP contribution in [0.25, 0.3) is 0 Å². The number of nitrogens with zero attached hydrogens (tertiary/aromatic N) is 4. The van der Waals surface area contributed by atoms with Crippen LogP contribution in [-0.2, 0) is 9.53 Å². The molecule has 3 rings (SSSR count). The number of rotatable bonds is 4. The minimum absolute atomic E-state index is 0.148. The second-order valence-corrected chi connectivity index (χ2v) is 6.49. The van der Waals surface area contributed by atoms with Gasteiger partial charge in [-0.1, -0.05) is 0 Å². The highest BCUT2D eigenvalue weighted by Gasteiger charge is 2.25. The molecule has 7 heteroatoms. The maximum absolute atomic E-state index is 12.3. The molecule has 2 fully saturated rings. The Morgan fingerprint density at radius 3 is 2.67 bits per heavy atom. The van der Waals surface area contributed by atoms with Crippen LogP contribution < -0.4 is 4.74 Å². The van der Waals surface area contributed by atoms with Crippen molar-refractivity contribution >= 4 is 5.91 Å². The van der Waals surface area contributed by atoms with E-state index in [0.29, 0.717) is 38.7 Å². The van der Waals surface area contributed by atoms with Gasteiger partial charge in [0.2, 0.25) is 11.8 Å². The third kappa shape index (κ3) is 4.42. The van der Waals surface area contributed by atoms with Gasteiger partial charge in [0, 0.05) is 32.4 Å². The maximum Gasteiger partial charge on any atom is 0.236 e. The molecule has 0 spiro atoms. The van der Waals surface area contributed by atoms with Crippen molar-refractivity contribution in [3.05, 3.63) is 17.6 Å². The van der Waals surface area contributed by atoms with Crippen LogP contribution in [0, 0.1) is 13.8 Å². The topological polar surface area (TPSA) is 67.8 Å². The minimum atomic E-state index is 0.148. The SMILES string of the molecule is Cc1cnc(C)c(OC2CCN(CC(=O)N3CCOCC3)CC2)n1. The maximum atomic E-state index is 12.3. The minimum Gasteiger partial charge on any atom is -0.473 e. The lowest BCUT2D eigenvalue weighted by molar-refractivity contribution is -0.136. The molecule has 0 bridgehead atoms. The normalized spacial score (nSPS) is 20.2.